The molecule has 2 aromatic carbocycles. The van der Waals surface area contributed by atoms with Crippen LogP contribution in [0.1, 0.15) is 36.2 Å². The van der Waals surface area contributed by atoms with E-state index in [1.807, 2.05) is 38.1 Å². The molecule has 1 aliphatic heterocycles. The molecule has 1 aliphatic rings. The van der Waals surface area contributed by atoms with Crippen molar-refractivity contribution in [1.29, 1.82) is 0 Å². The summed E-state index contributed by atoms with van der Waals surface area (Å²) in [5.74, 6) is 1.20. The second-order valence-electron chi connectivity index (χ2n) is 6.75. The van der Waals surface area contributed by atoms with Gasteiger partial charge in [-0.25, -0.2) is 0 Å². The van der Waals surface area contributed by atoms with Gasteiger partial charge in [0.25, 0.3) is 0 Å². The number of hydrogen-bond acceptors (Lipinski definition) is 4. The van der Waals surface area contributed by atoms with Gasteiger partial charge in [0.1, 0.15) is 17.1 Å². The Hall–Kier alpha value is -2.82. The second kappa shape index (κ2) is 6.59. The standard InChI is InChI=1S/C20H21NO4/c1-20(2)12-17(22)16-11-14(6-9-18(16)25-20)21-19(23)10-13-4-7-15(24-3)8-5-13/h4-9,11H,10,12H2,1-3H3,(H,21,23). The Morgan fingerprint density at radius 1 is 1.20 bits per heavy atom. The van der Waals surface area contributed by atoms with Crippen LogP contribution in [0.3, 0.4) is 0 Å². The van der Waals surface area contributed by atoms with Gasteiger partial charge >= 0.3 is 0 Å². The van der Waals surface area contributed by atoms with Gasteiger partial charge < -0.3 is 14.8 Å². The van der Waals surface area contributed by atoms with Gasteiger partial charge in [-0.1, -0.05) is 12.1 Å². The fourth-order valence-corrected chi connectivity index (χ4v) is 2.86. The van der Waals surface area contributed by atoms with E-state index in [0.717, 1.165) is 11.3 Å². The van der Waals surface area contributed by atoms with Crippen LogP contribution in [0.2, 0.25) is 0 Å². The normalized spacial score (nSPS) is 15.1. The predicted octanol–water partition coefficient (Wildman–Crippen LogP) is 3.62. The van der Waals surface area contributed by atoms with E-state index in [1.54, 1.807) is 25.3 Å². The summed E-state index contributed by atoms with van der Waals surface area (Å²) < 4.78 is 10.9. The third kappa shape index (κ3) is 3.99. The zero-order chi connectivity index (χ0) is 18.0. The second-order valence-corrected chi connectivity index (χ2v) is 6.75. The molecule has 1 amide bonds. The number of rotatable bonds is 4. The molecule has 0 spiro atoms. The number of ether oxygens (including phenoxy) is 2. The molecule has 0 fully saturated rings. The van der Waals surface area contributed by atoms with Crippen LogP contribution in [0.15, 0.2) is 42.5 Å². The molecular weight excluding hydrogens is 318 g/mol. The van der Waals surface area contributed by atoms with Crippen molar-refractivity contribution in [2.24, 2.45) is 0 Å². The molecule has 0 radical (unpaired) electrons. The number of carbonyl (C=O) groups is 2. The van der Waals surface area contributed by atoms with Crippen molar-refractivity contribution >= 4 is 17.4 Å². The molecule has 25 heavy (non-hydrogen) atoms. The summed E-state index contributed by atoms with van der Waals surface area (Å²) in [5, 5.41) is 2.83. The van der Waals surface area contributed by atoms with Gasteiger partial charge in [0.05, 0.1) is 25.5 Å². The van der Waals surface area contributed by atoms with Crippen LogP contribution in [0, 0.1) is 0 Å². The Morgan fingerprint density at radius 3 is 2.60 bits per heavy atom. The molecule has 1 heterocycles. The number of anilines is 1. The zero-order valence-electron chi connectivity index (χ0n) is 14.6. The third-order valence-electron chi connectivity index (χ3n) is 4.06. The number of nitrogens with one attached hydrogen (secondary N) is 1. The van der Waals surface area contributed by atoms with Crippen LogP contribution in [-0.2, 0) is 11.2 Å². The van der Waals surface area contributed by atoms with Crippen molar-refractivity contribution in [3.63, 3.8) is 0 Å². The lowest BCUT2D eigenvalue weighted by molar-refractivity contribution is -0.115. The molecule has 0 unspecified atom stereocenters. The SMILES string of the molecule is COc1ccc(CC(=O)Nc2ccc3c(c2)C(=O)CC(C)(C)O3)cc1. The largest absolute Gasteiger partial charge is 0.497 e. The van der Waals surface area contributed by atoms with E-state index in [-0.39, 0.29) is 18.1 Å². The third-order valence-corrected chi connectivity index (χ3v) is 4.06. The average molecular weight is 339 g/mol. The van der Waals surface area contributed by atoms with Crippen LogP contribution in [0.4, 0.5) is 5.69 Å². The Bertz CT molecular complexity index is 809. The summed E-state index contributed by atoms with van der Waals surface area (Å²) >= 11 is 0. The van der Waals surface area contributed by atoms with Crippen molar-refractivity contribution in [2.45, 2.75) is 32.3 Å². The van der Waals surface area contributed by atoms with E-state index in [4.69, 9.17) is 9.47 Å². The number of ketones is 1. The summed E-state index contributed by atoms with van der Waals surface area (Å²) in [6, 6.07) is 12.5. The lowest BCUT2D eigenvalue weighted by atomic mass is 9.93. The van der Waals surface area contributed by atoms with Gasteiger partial charge in [0.2, 0.25) is 5.91 Å². The van der Waals surface area contributed by atoms with Crippen LogP contribution in [-0.4, -0.2) is 24.4 Å². The first kappa shape index (κ1) is 17.0. The molecule has 0 bridgehead atoms. The first-order chi connectivity index (χ1) is 11.9. The van der Waals surface area contributed by atoms with Crippen LogP contribution in [0.5, 0.6) is 11.5 Å². The molecule has 0 aromatic heterocycles. The van der Waals surface area contributed by atoms with E-state index in [9.17, 15) is 9.59 Å². The molecular formula is C20H21NO4. The molecule has 0 saturated carbocycles. The van der Waals surface area contributed by atoms with E-state index in [2.05, 4.69) is 5.32 Å². The average Bonchev–Trinajstić information content (AvgIpc) is 2.55. The Morgan fingerprint density at radius 2 is 1.92 bits per heavy atom. The fourth-order valence-electron chi connectivity index (χ4n) is 2.86. The minimum absolute atomic E-state index is 0.0255. The molecule has 2 aromatic rings. The number of carbonyl (C=O) groups excluding carboxylic acids is 2. The van der Waals surface area contributed by atoms with Crippen molar-refractivity contribution in [3.8, 4) is 11.5 Å². The first-order valence-electron chi connectivity index (χ1n) is 8.15. The van der Waals surface area contributed by atoms with Crippen molar-refractivity contribution in [2.75, 3.05) is 12.4 Å². The lowest BCUT2D eigenvalue weighted by Crippen LogP contribution is -2.35. The first-order valence-corrected chi connectivity index (χ1v) is 8.15. The highest BCUT2D eigenvalue weighted by molar-refractivity contribution is 6.02. The summed E-state index contributed by atoms with van der Waals surface area (Å²) in [5.41, 5.74) is 1.50. The maximum absolute atomic E-state index is 12.3. The number of benzene rings is 2. The smallest absolute Gasteiger partial charge is 0.228 e. The molecule has 1 N–H and O–H groups in total. The zero-order valence-corrected chi connectivity index (χ0v) is 14.6. The molecule has 3 rings (SSSR count). The summed E-state index contributed by atoms with van der Waals surface area (Å²) in [7, 11) is 1.60. The molecule has 0 atom stereocenters. The van der Waals surface area contributed by atoms with Gasteiger partial charge in [-0.2, -0.15) is 0 Å². The number of hydrogen-bond donors (Lipinski definition) is 1. The number of methoxy groups -OCH3 is 1. The minimum Gasteiger partial charge on any atom is -0.497 e. The Balaban J connectivity index is 1.69. The Labute approximate surface area is 147 Å². The van der Waals surface area contributed by atoms with Crippen molar-refractivity contribution < 1.29 is 19.1 Å². The van der Waals surface area contributed by atoms with Crippen molar-refractivity contribution in [3.05, 3.63) is 53.6 Å². The van der Waals surface area contributed by atoms with Crippen LogP contribution < -0.4 is 14.8 Å². The summed E-state index contributed by atoms with van der Waals surface area (Å²) in [4.78, 5) is 24.5. The molecule has 130 valence electrons. The number of fused-ring (bicyclic) bond motifs is 1. The minimum atomic E-state index is -0.497. The molecule has 0 saturated heterocycles. The maximum atomic E-state index is 12.3. The molecule has 5 heteroatoms. The number of Topliss-reactive ketones (excluding diaryl/α,β-unsaturated/α-hetero) is 1. The van der Waals surface area contributed by atoms with E-state index < -0.39 is 5.60 Å². The van der Waals surface area contributed by atoms with E-state index in [1.165, 1.54) is 0 Å². The fraction of sp³-hybridized carbons (Fsp3) is 0.300. The summed E-state index contributed by atoms with van der Waals surface area (Å²) in [6.45, 7) is 3.77. The van der Waals surface area contributed by atoms with Gasteiger partial charge in [0, 0.05) is 5.69 Å². The Kier molecular flexibility index (Phi) is 4.49. The van der Waals surface area contributed by atoms with E-state index >= 15 is 0 Å². The molecule has 0 aliphatic carbocycles. The monoisotopic (exact) mass is 339 g/mol. The number of amides is 1. The maximum Gasteiger partial charge on any atom is 0.228 e. The summed E-state index contributed by atoms with van der Waals surface area (Å²) in [6.07, 6.45) is 0.571. The lowest BCUT2D eigenvalue weighted by Gasteiger charge is -2.31. The topological polar surface area (TPSA) is 64.6 Å². The quantitative estimate of drug-likeness (QED) is 0.924. The van der Waals surface area contributed by atoms with Crippen molar-refractivity contribution in [1.82, 2.24) is 0 Å². The predicted molar refractivity (Wildman–Crippen MR) is 95.4 cm³/mol. The van der Waals surface area contributed by atoms with Crippen LogP contribution in [0.25, 0.3) is 0 Å². The van der Waals surface area contributed by atoms with Gasteiger partial charge in [-0.15, -0.1) is 0 Å². The van der Waals surface area contributed by atoms with Gasteiger partial charge in [0.15, 0.2) is 5.78 Å². The highest BCUT2D eigenvalue weighted by Gasteiger charge is 2.32. The van der Waals surface area contributed by atoms with Crippen LogP contribution >= 0.6 is 0 Å². The molecule has 5 nitrogen and oxygen atoms in total. The highest BCUT2D eigenvalue weighted by Crippen LogP contribution is 2.34. The van der Waals surface area contributed by atoms with Gasteiger partial charge in [-0.3, -0.25) is 9.59 Å². The van der Waals surface area contributed by atoms with E-state index in [0.29, 0.717) is 23.4 Å². The van der Waals surface area contributed by atoms with Gasteiger partial charge in [-0.05, 0) is 49.7 Å². The highest BCUT2D eigenvalue weighted by atomic mass is 16.5.